The van der Waals surface area contributed by atoms with E-state index in [-0.39, 0.29) is 12.3 Å². The van der Waals surface area contributed by atoms with Crippen LogP contribution in [0.15, 0.2) is 30.5 Å². The van der Waals surface area contributed by atoms with E-state index >= 15 is 0 Å². The van der Waals surface area contributed by atoms with Crippen molar-refractivity contribution in [3.63, 3.8) is 0 Å². The zero-order chi connectivity index (χ0) is 15.1. The second-order valence-corrected chi connectivity index (χ2v) is 5.00. The monoisotopic (exact) mass is 294 g/mol. The van der Waals surface area contributed by atoms with Crippen molar-refractivity contribution >= 4 is 16.6 Å². The Morgan fingerprint density at radius 2 is 2.00 bits per heavy atom. The topological polar surface area (TPSA) is 118 Å². The van der Waals surface area contributed by atoms with Crippen molar-refractivity contribution in [3.8, 4) is 0 Å². The Morgan fingerprint density at radius 3 is 2.71 bits per heavy atom. The van der Waals surface area contributed by atoms with Gasteiger partial charge >= 0.3 is 0 Å². The summed E-state index contributed by atoms with van der Waals surface area (Å²) in [6, 6.07) is 6.10. The summed E-state index contributed by atoms with van der Waals surface area (Å²) in [6.07, 6.45) is -3.12. The van der Waals surface area contributed by atoms with E-state index in [1.54, 1.807) is 18.3 Å². The van der Waals surface area contributed by atoms with Crippen LogP contribution in [-0.2, 0) is 4.74 Å². The number of aromatic nitrogens is 1. The second kappa shape index (κ2) is 5.08. The van der Waals surface area contributed by atoms with Crippen molar-refractivity contribution in [2.45, 2.75) is 24.5 Å². The van der Waals surface area contributed by atoms with Gasteiger partial charge in [-0.05, 0) is 12.1 Å². The van der Waals surface area contributed by atoms with Crippen LogP contribution in [0.1, 0.15) is 6.23 Å². The molecule has 1 aromatic carbocycles. The van der Waals surface area contributed by atoms with E-state index in [1.807, 2.05) is 0 Å². The van der Waals surface area contributed by atoms with Crippen LogP contribution in [-0.4, -0.2) is 49.7 Å². The van der Waals surface area contributed by atoms with Gasteiger partial charge in [-0.25, -0.2) is 0 Å². The fourth-order valence-electron chi connectivity index (χ4n) is 2.51. The van der Waals surface area contributed by atoms with Gasteiger partial charge in [0, 0.05) is 23.7 Å². The lowest BCUT2D eigenvalue weighted by Gasteiger charge is -2.36. The highest BCUT2D eigenvalue weighted by Crippen LogP contribution is 2.30. The third kappa shape index (κ3) is 2.28. The van der Waals surface area contributed by atoms with Crippen LogP contribution >= 0.6 is 0 Å². The Bertz CT molecular complexity index is 684. The minimum absolute atomic E-state index is 0.0756. The highest BCUT2D eigenvalue weighted by atomic mass is 16.6. The highest BCUT2D eigenvalue weighted by molar-refractivity contribution is 5.82. The molecular formula is C13H14N2O6. The van der Waals surface area contributed by atoms with Gasteiger partial charge in [0.1, 0.15) is 18.3 Å². The molecule has 8 nitrogen and oxygen atoms in total. The Balaban J connectivity index is 2.04. The number of hydrogen-bond acceptors (Lipinski definition) is 6. The van der Waals surface area contributed by atoms with Gasteiger partial charge in [-0.2, -0.15) is 0 Å². The number of nitro benzene ring substituents is 1. The summed E-state index contributed by atoms with van der Waals surface area (Å²) in [4.78, 5) is 10.3. The molecule has 0 unspecified atom stereocenters. The molecule has 1 saturated heterocycles. The van der Waals surface area contributed by atoms with Crippen LogP contribution in [0.25, 0.3) is 10.9 Å². The van der Waals surface area contributed by atoms with Crippen molar-refractivity contribution in [3.05, 3.63) is 40.6 Å². The fraction of sp³-hybridized carbons (Fsp3) is 0.385. The van der Waals surface area contributed by atoms with Crippen LogP contribution < -0.4 is 0 Å². The molecule has 1 aliphatic rings. The largest absolute Gasteiger partial charge is 0.388 e. The van der Waals surface area contributed by atoms with Crippen LogP contribution in [0.5, 0.6) is 0 Å². The van der Waals surface area contributed by atoms with Crippen LogP contribution in [0.4, 0.5) is 5.69 Å². The Hall–Kier alpha value is -2.00. The molecule has 3 N–H and O–H groups in total. The number of rotatable bonds is 2. The Morgan fingerprint density at radius 1 is 1.24 bits per heavy atom. The third-order valence-corrected chi connectivity index (χ3v) is 3.67. The molecule has 21 heavy (non-hydrogen) atoms. The van der Waals surface area contributed by atoms with Crippen LogP contribution in [0.2, 0.25) is 0 Å². The first-order valence-electron chi connectivity index (χ1n) is 6.40. The summed E-state index contributed by atoms with van der Waals surface area (Å²) < 4.78 is 6.87. The smallest absolute Gasteiger partial charge is 0.271 e. The molecule has 0 bridgehead atoms. The maximum absolute atomic E-state index is 10.9. The molecular weight excluding hydrogens is 280 g/mol. The molecule has 4 atom stereocenters. The summed E-state index contributed by atoms with van der Waals surface area (Å²) in [5.74, 6) is 0. The molecule has 0 amide bonds. The van der Waals surface area contributed by atoms with Crippen molar-refractivity contribution < 1.29 is 25.0 Å². The van der Waals surface area contributed by atoms with Crippen LogP contribution in [0.3, 0.4) is 0 Å². The van der Waals surface area contributed by atoms with Crippen molar-refractivity contribution in [2.75, 3.05) is 6.61 Å². The summed E-state index contributed by atoms with van der Waals surface area (Å²) in [5, 5.41) is 40.8. The van der Waals surface area contributed by atoms with E-state index in [0.717, 1.165) is 5.39 Å². The number of aliphatic hydroxyl groups excluding tert-OH is 3. The van der Waals surface area contributed by atoms with E-state index in [1.165, 1.54) is 16.7 Å². The lowest BCUT2D eigenvalue weighted by Crippen LogP contribution is -2.50. The number of benzene rings is 1. The van der Waals surface area contributed by atoms with Crippen LogP contribution in [0, 0.1) is 10.1 Å². The van der Waals surface area contributed by atoms with E-state index in [0.29, 0.717) is 5.52 Å². The number of ether oxygens (including phenoxy) is 1. The number of aliphatic hydroxyl groups is 3. The lowest BCUT2D eigenvalue weighted by atomic mass is 10.0. The molecule has 1 fully saturated rings. The third-order valence-electron chi connectivity index (χ3n) is 3.67. The van der Waals surface area contributed by atoms with Gasteiger partial charge in [0.25, 0.3) is 5.69 Å². The maximum atomic E-state index is 10.9. The maximum Gasteiger partial charge on any atom is 0.271 e. The molecule has 1 aliphatic heterocycles. The van der Waals surface area contributed by atoms with Crippen molar-refractivity contribution in [1.82, 2.24) is 4.57 Å². The number of non-ortho nitro benzene ring substituents is 1. The zero-order valence-electron chi connectivity index (χ0n) is 10.9. The van der Waals surface area contributed by atoms with E-state index < -0.39 is 29.5 Å². The van der Waals surface area contributed by atoms with E-state index in [2.05, 4.69) is 0 Å². The Kier molecular flexibility index (Phi) is 3.38. The van der Waals surface area contributed by atoms with Gasteiger partial charge in [-0.1, -0.05) is 0 Å². The molecule has 2 heterocycles. The van der Waals surface area contributed by atoms with Gasteiger partial charge in [0.05, 0.1) is 17.0 Å². The predicted molar refractivity (Wildman–Crippen MR) is 71.6 cm³/mol. The minimum Gasteiger partial charge on any atom is -0.388 e. The number of nitrogens with zero attached hydrogens (tertiary/aromatic N) is 2. The lowest BCUT2D eigenvalue weighted by molar-refractivity contribution is -0.384. The average Bonchev–Trinajstić information content (AvgIpc) is 2.88. The molecule has 0 spiro atoms. The molecule has 2 aromatic rings. The molecule has 1 aromatic heterocycles. The minimum atomic E-state index is -1.33. The quantitative estimate of drug-likeness (QED) is 0.536. The van der Waals surface area contributed by atoms with Gasteiger partial charge in [-0.3, -0.25) is 10.1 Å². The molecule has 112 valence electrons. The normalized spacial score (nSPS) is 29.7. The fourth-order valence-corrected chi connectivity index (χ4v) is 2.51. The first kappa shape index (κ1) is 14.0. The summed E-state index contributed by atoms with van der Waals surface area (Å²) in [6.45, 7) is -0.127. The summed E-state index contributed by atoms with van der Waals surface area (Å²) in [7, 11) is 0. The first-order valence-corrected chi connectivity index (χ1v) is 6.40. The molecule has 0 radical (unpaired) electrons. The van der Waals surface area contributed by atoms with Gasteiger partial charge < -0.3 is 24.6 Å². The van der Waals surface area contributed by atoms with Gasteiger partial charge in [0.2, 0.25) is 0 Å². The van der Waals surface area contributed by atoms with E-state index in [9.17, 15) is 25.4 Å². The first-order chi connectivity index (χ1) is 9.99. The Labute approximate surface area is 119 Å². The molecule has 0 aliphatic carbocycles. The van der Waals surface area contributed by atoms with Gasteiger partial charge in [0.15, 0.2) is 6.23 Å². The number of nitro groups is 1. The summed E-state index contributed by atoms with van der Waals surface area (Å²) >= 11 is 0. The molecule has 0 saturated carbocycles. The van der Waals surface area contributed by atoms with Crippen molar-refractivity contribution in [2.24, 2.45) is 0 Å². The standard InChI is InChI=1S/C13H14N2O6/c16-10-6-21-13(12(18)11(10)17)14-4-3-7-1-2-8(15(19)20)5-9(7)14/h1-5,10-13,16-18H,6H2/t10-,11-,12+,13-/m1/s1. The zero-order valence-corrected chi connectivity index (χ0v) is 10.9. The summed E-state index contributed by atoms with van der Waals surface area (Å²) in [5.41, 5.74) is 0.435. The SMILES string of the molecule is O=[N+]([O-])c1ccc2ccn([C@@H]3OC[C@@H](O)[C@@H](O)[C@@H]3O)c2c1. The van der Waals surface area contributed by atoms with Gasteiger partial charge in [-0.15, -0.1) is 0 Å². The second-order valence-electron chi connectivity index (χ2n) is 5.00. The van der Waals surface area contributed by atoms with Crippen molar-refractivity contribution in [1.29, 1.82) is 0 Å². The number of hydrogen-bond donors (Lipinski definition) is 3. The highest BCUT2D eigenvalue weighted by Gasteiger charge is 2.38. The number of fused-ring (bicyclic) bond motifs is 1. The predicted octanol–water partition coefficient (Wildman–Crippen LogP) is 0.161. The molecule has 8 heteroatoms. The molecule has 3 rings (SSSR count). The average molecular weight is 294 g/mol. The van der Waals surface area contributed by atoms with E-state index in [4.69, 9.17) is 4.74 Å².